The highest BCUT2D eigenvalue weighted by Gasteiger charge is 2.44. The Morgan fingerprint density at radius 1 is 1.24 bits per heavy atom. The third-order valence-corrected chi connectivity index (χ3v) is 6.75. The highest BCUT2D eigenvalue weighted by Crippen LogP contribution is 2.48. The molecule has 152 valence electrons. The summed E-state index contributed by atoms with van der Waals surface area (Å²) in [5.41, 5.74) is 3.93. The van der Waals surface area contributed by atoms with Gasteiger partial charge in [-0.15, -0.1) is 11.8 Å². The molecule has 4 nitrogen and oxygen atoms in total. The fourth-order valence-corrected chi connectivity index (χ4v) is 5.46. The Morgan fingerprint density at radius 2 is 2.03 bits per heavy atom. The minimum Gasteiger partial charge on any atom is -0.358 e. The van der Waals surface area contributed by atoms with E-state index in [0.29, 0.717) is 17.2 Å². The second-order valence-corrected chi connectivity index (χ2v) is 8.96. The summed E-state index contributed by atoms with van der Waals surface area (Å²) in [6.45, 7) is 1.97. The average molecular weight is 483 g/mol. The van der Waals surface area contributed by atoms with E-state index in [9.17, 15) is 13.2 Å². The van der Waals surface area contributed by atoms with Gasteiger partial charge in [0.15, 0.2) is 0 Å². The van der Waals surface area contributed by atoms with Crippen LogP contribution in [0.25, 0.3) is 11.4 Å². The molecule has 3 heterocycles. The zero-order valence-corrected chi connectivity index (χ0v) is 18.1. The van der Waals surface area contributed by atoms with E-state index in [0.717, 1.165) is 21.2 Å². The van der Waals surface area contributed by atoms with E-state index in [4.69, 9.17) is 0 Å². The molecule has 0 saturated heterocycles. The van der Waals surface area contributed by atoms with Crippen molar-refractivity contribution >= 4 is 33.5 Å². The minimum absolute atomic E-state index is 0.0972. The highest BCUT2D eigenvalue weighted by atomic mass is 79.9. The molecular formula is C20H18BrF3N4S. The van der Waals surface area contributed by atoms with E-state index in [1.165, 1.54) is 16.4 Å². The van der Waals surface area contributed by atoms with E-state index < -0.39 is 12.2 Å². The Hall–Kier alpha value is -2.00. The number of rotatable bonds is 2. The predicted octanol–water partition coefficient (Wildman–Crippen LogP) is 5.73. The molecule has 1 aromatic carbocycles. The monoisotopic (exact) mass is 482 g/mol. The van der Waals surface area contributed by atoms with Crippen LogP contribution in [0, 0.1) is 6.92 Å². The summed E-state index contributed by atoms with van der Waals surface area (Å²) >= 11 is 4.74. The number of nitrogens with zero attached hydrogens (tertiary/aromatic N) is 3. The summed E-state index contributed by atoms with van der Waals surface area (Å²) in [5, 5.41) is 6.95. The minimum atomic E-state index is -4.36. The number of halogens is 4. The maximum absolute atomic E-state index is 13.6. The van der Waals surface area contributed by atoms with Crippen LogP contribution < -0.4 is 5.32 Å². The largest absolute Gasteiger partial charge is 0.409 e. The Bertz CT molecular complexity index is 1040. The first-order valence-electron chi connectivity index (χ1n) is 8.95. The Kier molecular flexibility index (Phi) is 5.37. The number of benzene rings is 1. The molecule has 0 bridgehead atoms. The smallest absolute Gasteiger partial charge is 0.358 e. The molecule has 1 aliphatic heterocycles. The lowest BCUT2D eigenvalue weighted by Gasteiger charge is -2.20. The van der Waals surface area contributed by atoms with Crippen LogP contribution in [-0.4, -0.2) is 32.7 Å². The number of thioether (sulfide) groups is 1. The molecule has 4 rings (SSSR count). The number of aryl methyl sites for hydroxylation is 2. The number of nitrogens with one attached hydrogen (secondary N) is 1. The summed E-state index contributed by atoms with van der Waals surface area (Å²) in [7, 11) is 1.66. The van der Waals surface area contributed by atoms with Crippen molar-refractivity contribution in [1.29, 1.82) is 0 Å². The lowest BCUT2D eigenvalue weighted by atomic mass is 9.98. The molecule has 29 heavy (non-hydrogen) atoms. The number of alkyl halides is 3. The second kappa shape index (κ2) is 7.68. The molecule has 2 aromatic heterocycles. The third-order valence-electron chi connectivity index (χ3n) is 4.90. The van der Waals surface area contributed by atoms with Crippen molar-refractivity contribution in [3.05, 3.63) is 63.8 Å². The maximum Gasteiger partial charge on any atom is 0.409 e. The lowest BCUT2D eigenvalue weighted by Crippen LogP contribution is -2.38. The molecule has 9 heteroatoms. The van der Waals surface area contributed by atoms with Crippen molar-refractivity contribution in [2.24, 2.45) is 7.05 Å². The van der Waals surface area contributed by atoms with E-state index in [1.807, 2.05) is 37.3 Å². The molecule has 0 fully saturated rings. The number of aromatic nitrogens is 3. The zero-order chi connectivity index (χ0) is 20.8. The Balaban J connectivity index is 1.93. The van der Waals surface area contributed by atoms with Crippen LogP contribution in [-0.2, 0) is 7.05 Å². The quantitative estimate of drug-likeness (QED) is 0.506. The van der Waals surface area contributed by atoms with Gasteiger partial charge < -0.3 is 5.32 Å². The third kappa shape index (κ3) is 3.90. The number of pyridine rings is 1. The van der Waals surface area contributed by atoms with Crippen molar-refractivity contribution in [3.8, 4) is 11.4 Å². The van der Waals surface area contributed by atoms with E-state index in [2.05, 4.69) is 31.3 Å². The Morgan fingerprint density at radius 3 is 2.69 bits per heavy atom. The van der Waals surface area contributed by atoms with Gasteiger partial charge in [-0.2, -0.15) is 18.3 Å². The van der Waals surface area contributed by atoms with Crippen LogP contribution in [0.1, 0.15) is 21.9 Å². The van der Waals surface area contributed by atoms with Crippen LogP contribution in [0.3, 0.4) is 0 Å². The summed E-state index contributed by atoms with van der Waals surface area (Å²) in [5.74, 6) is 0.283. The van der Waals surface area contributed by atoms with Gasteiger partial charge in [0.05, 0.1) is 10.9 Å². The first-order chi connectivity index (χ1) is 13.8. The van der Waals surface area contributed by atoms with Crippen molar-refractivity contribution < 1.29 is 13.2 Å². The molecule has 0 unspecified atom stereocenters. The molecule has 0 aliphatic carbocycles. The molecule has 0 amide bonds. The SMILES string of the molecule is Cc1cc(Br)ccc1[C@@H]1SC[C@@H](C(F)(F)F)Nc2c1c(-c1ccccn1)nn2C. The summed E-state index contributed by atoms with van der Waals surface area (Å²) < 4.78 is 43.3. The molecular weight excluding hydrogens is 465 g/mol. The number of hydrogen-bond acceptors (Lipinski definition) is 4. The summed E-state index contributed by atoms with van der Waals surface area (Å²) in [4.78, 5) is 4.39. The number of fused-ring (bicyclic) bond motifs is 1. The van der Waals surface area contributed by atoms with Gasteiger partial charge >= 0.3 is 6.18 Å². The van der Waals surface area contributed by atoms with E-state index in [1.54, 1.807) is 19.3 Å². The van der Waals surface area contributed by atoms with Gasteiger partial charge in [-0.05, 0) is 42.3 Å². The summed E-state index contributed by atoms with van der Waals surface area (Å²) in [6.07, 6.45) is -2.70. The molecule has 0 spiro atoms. The first kappa shape index (κ1) is 20.3. The van der Waals surface area contributed by atoms with Crippen LogP contribution in [0.4, 0.5) is 19.0 Å². The molecule has 2 atom stereocenters. The van der Waals surface area contributed by atoms with Gasteiger partial charge in [-0.3, -0.25) is 9.67 Å². The maximum atomic E-state index is 13.6. The van der Waals surface area contributed by atoms with Crippen LogP contribution in [0.15, 0.2) is 47.1 Å². The fourth-order valence-electron chi connectivity index (χ4n) is 3.49. The topological polar surface area (TPSA) is 42.7 Å². The molecule has 1 N–H and O–H groups in total. The average Bonchev–Trinajstić information content (AvgIpc) is 2.85. The van der Waals surface area contributed by atoms with Crippen LogP contribution in [0.2, 0.25) is 0 Å². The molecule has 1 aliphatic rings. The van der Waals surface area contributed by atoms with Gasteiger partial charge in [0, 0.05) is 29.0 Å². The summed E-state index contributed by atoms with van der Waals surface area (Å²) in [6, 6.07) is 9.67. The van der Waals surface area contributed by atoms with Gasteiger partial charge in [0.2, 0.25) is 0 Å². The van der Waals surface area contributed by atoms with Crippen molar-refractivity contribution in [2.75, 3.05) is 11.1 Å². The second-order valence-electron chi connectivity index (χ2n) is 6.90. The van der Waals surface area contributed by atoms with Gasteiger partial charge in [0.25, 0.3) is 0 Å². The first-order valence-corrected chi connectivity index (χ1v) is 10.8. The van der Waals surface area contributed by atoms with Crippen molar-refractivity contribution in [1.82, 2.24) is 14.8 Å². The normalized spacial score (nSPS) is 19.4. The van der Waals surface area contributed by atoms with Gasteiger partial charge in [-0.1, -0.05) is 28.1 Å². The van der Waals surface area contributed by atoms with Crippen LogP contribution >= 0.6 is 27.7 Å². The van der Waals surface area contributed by atoms with Crippen LogP contribution in [0.5, 0.6) is 0 Å². The Labute approximate surface area is 179 Å². The number of anilines is 1. The molecule has 0 saturated carbocycles. The zero-order valence-electron chi connectivity index (χ0n) is 15.7. The molecule has 0 radical (unpaired) electrons. The van der Waals surface area contributed by atoms with Gasteiger partial charge in [0.1, 0.15) is 17.6 Å². The standard InChI is InChI=1S/C20H18BrF3N4S/c1-11-9-12(21)6-7-13(11)18-16-17(14-5-3-4-8-25-14)27-28(2)19(16)26-15(10-29-18)20(22,23)24/h3-9,15,18,26H,10H2,1-2H3/t15-,18-/m0/s1. The number of hydrogen-bond donors (Lipinski definition) is 1. The van der Waals surface area contributed by atoms with Crippen molar-refractivity contribution in [2.45, 2.75) is 24.4 Å². The molecule has 3 aromatic rings. The van der Waals surface area contributed by atoms with Gasteiger partial charge in [-0.25, -0.2) is 0 Å². The lowest BCUT2D eigenvalue weighted by molar-refractivity contribution is -0.137. The highest BCUT2D eigenvalue weighted by molar-refractivity contribution is 9.10. The van der Waals surface area contributed by atoms with Crippen molar-refractivity contribution in [3.63, 3.8) is 0 Å². The van der Waals surface area contributed by atoms with E-state index in [-0.39, 0.29) is 11.0 Å². The van der Waals surface area contributed by atoms with E-state index >= 15 is 0 Å². The predicted molar refractivity (Wildman–Crippen MR) is 113 cm³/mol. The fraction of sp³-hybridized carbons (Fsp3) is 0.300.